The number of allylic oxidation sites excluding steroid dienone is 2. The molecule has 0 rings (SSSR count). The molecule has 1 atom stereocenters. The molecule has 98 valence electrons. The fraction of sp³-hybridized carbons (Fsp3) is 0.769. The van der Waals surface area contributed by atoms with Crippen LogP contribution in [0.1, 0.15) is 51.9 Å². The Morgan fingerprint density at radius 3 is 2.53 bits per heavy atom. The summed E-state index contributed by atoms with van der Waals surface area (Å²) < 4.78 is 0. The SMILES string of the molecule is CC/C=C/CCCCCC(C=O)CC[N+](=O)[O-]. The highest BCUT2D eigenvalue weighted by atomic mass is 16.6. The van der Waals surface area contributed by atoms with E-state index >= 15 is 0 Å². The lowest BCUT2D eigenvalue weighted by atomic mass is 9.99. The molecule has 0 spiro atoms. The Morgan fingerprint density at radius 1 is 1.18 bits per heavy atom. The zero-order chi connectivity index (χ0) is 12.9. The van der Waals surface area contributed by atoms with Crippen molar-refractivity contribution in [3.8, 4) is 0 Å². The van der Waals surface area contributed by atoms with Gasteiger partial charge < -0.3 is 4.79 Å². The minimum absolute atomic E-state index is 0.0946. The number of carbonyl (C=O) groups is 1. The van der Waals surface area contributed by atoms with E-state index in [1.807, 2.05) is 0 Å². The third-order valence-corrected chi connectivity index (χ3v) is 2.72. The second-order valence-corrected chi connectivity index (χ2v) is 4.26. The number of hydrogen-bond acceptors (Lipinski definition) is 3. The Hall–Kier alpha value is -1.19. The van der Waals surface area contributed by atoms with E-state index in [4.69, 9.17) is 0 Å². The lowest BCUT2D eigenvalue weighted by Crippen LogP contribution is -2.10. The van der Waals surface area contributed by atoms with Gasteiger partial charge in [0.2, 0.25) is 6.54 Å². The van der Waals surface area contributed by atoms with Crippen LogP contribution in [0, 0.1) is 16.0 Å². The van der Waals surface area contributed by atoms with Gasteiger partial charge in [-0.1, -0.05) is 31.9 Å². The van der Waals surface area contributed by atoms with Gasteiger partial charge in [0.15, 0.2) is 0 Å². The van der Waals surface area contributed by atoms with Crippen LogP contribution in [-0.4, -0.2) is 17.8 Å². The first-order valence-electron chi connectivity index (χ1n) is 6.42. The van der Waals surface area contributed by atoms with Crippen molar-refractivity contribution in [1.82, 2.24) is 0 Å². The largest absolute Gasteiger partial charge is 0.303 e. The minimum Gasteiger partial charge on any atom is -0.303 e. The van der Waals surface area contributed by atoms with Gasteiger partial charge in [-0.25, -0.2) is 0 Å². The number of nitro groups is 1. The third-order valence-electron chi connectivity index (χ3n) is 2.72. The average Bonchev–Trinajstić information content (AvgIpc) is 2.31. The Kier molecular flexibility index (Phi) is 10.5. The van der Waals surface area contributed by atoms with Crippen LogP contribution in [0.4, 0.5) is 0 Å². The van der Waals surface area contributed by atoms with E-state index in [1.165, 1.54) is 0 Å². The second kappa shape index (κ2) is 11.3. The molecule has 0 heterocycles. The molecule has 0 aromatic heterocycles. The summed E-state index contributed by atoms with van der Waals surface area (Å²) in [7, 11) is 0. The van der Waals surface area contributed by atoms with E-state index in [1.54, 1.807) is 0 Å². The number of nitrogens with zero attached hydrogens (tertiary/aromatic N) is 1. The van der Waals surface area contributed by atoms with Crippen LogP contribution in [-0.2, 0) is 4.79 Å². The topological polar surface area (TPSA) is 60.2 Å². The van der Waals surface area contributed by atoms with Crippen molar-refractivity contribution in [1.29, 1.82) is 0 Å². The Bertz CT molecular complexity index is 239. The average molecular weight is 241 g/mol. The smallest absolute Gasteiger partial charge is 0.204 e. The third kappa shape index (κ3) is 11.1. The number of rotatable bonds is 11. The molecule has 0 aliphatic heterocycles. The number of carbonyl (C=O) groups excluding carboxylic acids is 1. The highest BCUT2D eigenvalue weighted by Gasteiger charge is 2.10. The first-order chi connectivity index (χ1) is 8.20. The molecular formula is C13H23NO3. The van der Waals surface area contributed by atoms with E-state index in [9.17, 15) is 14.9 Å². The maximum Gasteiger partial charge on any atom is 0.204 e. The summed E-state index contributed by atoms with van der Waals surface area (Å²) in [5.41, 5.74) is 0. The summed E-state index contributed by atoms with van der Waals surface area (Å²) >= 11 is 0. The molecule has 0 N–H and O–H groups in total. The minimum atomic E-state index is -0.355. The standard InChI is InChI=1S/C13H23NO3/c1-2-3-4-5-6-7-8-9-13(12-15)10-11-14(16)17/h3-4,12-13H,2,5-11H2,1H3/b4-3+. The van der Waals surface area contributed by atoms with Crippen LogP contribution in [0.3, 0.4) is 0 Å². The van der Waals surface area contributed by atoms with Gasteiger partial charge in [-0.2, -0.15) is 0 Å². The van der Waals surface area contributed by atoms with Crippen LogP contribution < -0.4 is 0 Å². The molecule has 0 amide bonds. The summed E-state index contributed by atoms with van der Waals surface area (Å²) in [4.78, 5) is 20.5. The van der Waals surface area contributed by atoms with E-state index in [0.29, 0.717) is 6.42 Å². The van der Waals surface area contributed by atoms with Crippen LogP contribution in [0.2, 0.25) is 0 Å². The fourth-order valence-electron chi connectivity index (χ4n) is 1.68. The van der Waals surface area contributed by atoms with Crippen LogP contribution >= 0.6 is 0 Å². The maximum atomic E-state index is 10.7. The molecule has 1 unspecified atom stereocenters. The van der Waals surface area contributed by atoms with Crippen molar-refractivity contribution in [2.75, 3.05) is 6.54 Å². The van der Waals surface area contributed by atoms with E-state index in [-0.39, 0.29) is 17.4 Å². The van der Waals surface area contributed by atoms with Gasteiger partial charge >= 0.3 is 0 Å². The molecule has 0 bridgehead atoms. The Balaban J connectivity index is 3.46. The first-order valence-corrected chi connectivity index (χ1v) is 6.42. The van der Waals surface area contributed by atoms with Gasteiger partial charge in [0.25, 0.3) is 0 Å². The Labute approximate surface area is 103 Å². The molecule has 0 aliphatic carbocycles. The molecule has 0 saturated carbocycles. The first kappa shape index (κ1) is 15.8. The lowest BCUT2D eigenvalue weighted by Gasteiger charge is -2.06. The normalized spacial score (nSPS) is 12.8. The van der Waals surface area contributed by atoms with Crippen molar-refractivity contribution in [2.45, 2.75) is 51.9 Å². The van der Waals surface area contributed by atoms with Gasteiger partial charge in [-0.05, 0) is 25.7 Å². The van der Waals surface area contributed by atoms with Gasteiger partial charge in [0.05, 0.1) is 0 Å². The van der Waals surface area contributed by atoms with Gasteiger partial charge in [-0.3, -0.25) is 10.1 Å². The van der Waals surface area contributed by atoms with Crippen LogP contribution in [0.5, 0.6) is 0 Å². The molecular weight excluding hydrogens is 218 g/mol. The predicted octanol–water partition coefficient (Wildman–Crippen LogP) is 3.39. The molecule has 4 heteroatoms. The highest BCUT2D eigenvalue weighted by Crippen LogP contribution is 2.12. The van der Waals surface area contributed by atoms with Crippen molar-refractivity contribution >= 4 is 6.29 Å². The van der Waals surface area contributed by atoms with Crippen LogP contribution in [0.25, 0.3) is 0 Å². The number of hydrogen-bond donors (Lipinski definition) is 0. The second-order valence-electron chi connectivity index (χ2n) is 4.26. The Morgan fingerprint density at radius 2 is 1.94 bits per heavy atom. The number of unbranched alkanes of at least 4 members (excludes halogenated alkanes) is 3. The zero-order valence-corrected chi connectivity index (χ0v) is 10.6. The monoisotopic (exact) mass is 241 g/mol. The summed E-state index contributed by atoms with van der Waals surface area (Å²) in [6.45, 7) is 2.02. The molecule has 0 aromatic carbocycles. The molecule has 0 saturated heterocycles. The van der Waals surface area contributed by atoms with Crippen molar-refractivity contribution in [3.63, 3.8) is 0 Å². The summed E-state index contributed by atoms with van der Waals surface area (Å²) in [5, 5.41) is 10.2. The molecule has 0 aromatic rings. The fourth-order valence-corrected chi connectivity index (χ4v) is 1.68. The van der Waals surface area contributed by atoms with E-state index < -0.39 is 0 Å². The van der Waals surface area contributed by atoms with E-state index in [2.05, 4.69) is 19.1 Å². The maximum absolute atomic E-state index is 10.7. The van der Waals surface area contributed by atoms with E-state index in [0.717, 1.165) is 44.8 Å². The molecule has 0 aliphatic rings. The van der Waals surface area contributed by atoms with Gasteiger partial charge in [0, 0.05) is 17.3 Å². The van der Waals surface area contributed by atoms with Crippen molar-refractivity contribution in [3.05, 3.63) is 22.3 Å². The molecule has 4 nitrogen and oxygen atoms in total. The predicted molar refractivity (Wildman–Crippen MR) is 68.5 cm³/mol. The van der Waals surface area contributed by atoms with Gasteiger partial charge in [0.1, 0.15) is 6.29 Å². The van der Waals surface area contributed by atoms with Gasteiger partial charge in [-0.15, -0.1) is 0 Å². The van der Waals surface area contributed by atoms with Crippen LogP contribution in [0.15, 0.2) is 12.2 Å². The summed E-state index contributed by atoms with van der Waals surface area (Å²) in [6, 6.07) is 0. The van der Waals surface area contributed by atoms with Crippen molar-refractivity contribution < 1.29 is 9.72 Å². The number of aldehydes is 1. The lowest BCUT2D eigenvalue weighted by molar-refractivity contribution is -0.481. The van der Waals surface area contributed by atoms with Crippen molar-refractivity contribution in [2.24, 2.45) is 5.92 Å². The summed E-state index contributed by atoms with van der Waals surface area (Å²) in [6.07, 6.45) is 11.8. The molecule has 0 fully saturated rings. The molecule has 17 heavy (non-hydrogen) atoms. The quantitative estimate of drug-likeness (QED) is 0.183. The zero-order valence-electron chi connectivity index (χ0n) is 10.6. The summed E-state index contributed by atoms with van der Waals surface area (Å²) in [5.74, 6) is -0.133. The highest BCUT2D eigenvalue weighted by molar-refractivity contribution is 5.53. The molecule has 0 radical (unpaired) electrons.